The topological polar surface area (TPSA) is 165 Å². The van der Waals surface area contributed by atoms with Crippen molar-refractivity contribution in [3.63, 3.8) is 0 Å². The van der Waals surface area contributed by atoms with Crippen LogP contribution in [0.3, 0.4) is 0 Å². The Labute approximate surface area is 87.0 Å². The van der Waals surface area contributed by atoms with Gasteiger partial charge in [-0.25, -0.2) is 0 Å². The molecule has 1 fully saturated rings. The summed E-state index contributed by atoms with van der Waals surface area (Å²) in [6.07, 6.45) is 0. The molecule has 0 unspecified atom stereocenters. The molecule has 1 aliphatic heterocycles. The molecule has 1 aliphatic rings. The first-order valence-electron chi connectivity index (χ1n) is 3.53. The lowest BCUT2D eigenvalue weighted by Crippen LogP contribution is -2.23. The van der Waals surface area contributed by atoms with Crippen molar-refractivity contribution < 1.29 is 24.5 Å². The van der Waals surface area contributed by atoms with Gasteiger partial charge in [-0.15, -0.1) is 0 Å². The average molecular weight is 234 g/mol. The van der Waals surface area contributed by atoms with E-state index in [1.165, 1.54) is 0 Å². The molecule has 11 heteroatoms. The summed E-state index contributed by atoms with van der Waals surface area (Å²) in [5.41, 5.74) is 0. The van der Waals surface area contributed by atoms with Gasteiger partial charge in [0.05, 0.1) is 0 Å². The smallest absolute Gasteiger partial charge is 0.400 e. The largest absolute Gasteiger partial charge is 0.600 e. The second-order valence-corrected chi connectivity index (χ2v) is 2.12. The second-order valence-electron chi connectivity index (χ2n) is 2.12. The van der Waals surface area contributed by atoms with E-state index in [0.717, 1.165) is 7.11 Å². The van der Waals surface area contributed by atoms with Crippen LogP contribution in [0.25, 0.3) is 0 Å². The maximum absolute atomic E-state index is 10.5. The summed E-state index contributed by atoms with van der Waals surface area (Å²) < 4.78 is 0. The third-order valence-corrected chi connectivity index (χ3v) is 1.25. The molecular formula is C5H6N4O7. The standard InChI is InChI=1S/C4H2N4O6.CH4O/c9-2-3(10)6-1(5-2)4(7(11)12)8(13)14;1-2/h(H,5,9)(H,6,10);2H,1H3. The van der Waals surface area contributed by atoms with Gasteiger partial charge in [0, 0.05) is 7.11 Å². The molecule has 1 heterocycles. The molecule has 0 atom stereocenters. The minimum Gasteiger partial charge on any atom is -0.400 e. The summed E-state index contributed by atoms with van der Waals surface area (Å²) in [6, 6.07) is 0. The van der Waals surface area contributed by atoms with Crippen molar-refractivity contribution in [2.24, 2.45) is 0 Å². The zero-order chi connectivity index (χ0) is 12.9. The van der Waals surface area contributed by atoms with Crippen LogP contribution < -0.4 is 10.6 Å². The molecule has 0 radical (unpaired) electrons. The number of carbonyl (C=O) groups excluding carboxylic acids is 2. The fourth-order valence-corrected chi connectivity index (χ4v) is 0.733. The molecule has 88 valence electrons. The van der Waals surface area contributed by atoms with Crippen molar-refractivity contribution in [3.05, 3.63) is 31.9 Å². The van der Waals surface area contributed by atoms with Crippen LogP contribution in [0.4, 0.5) is 0 Å². The summed E-state index contributed by atoms with van der Waals surface area (Å²) in [4.78, 5) is 38.7. The third kappa shape index (κ3) is 2.71. The molecule has 0 bridgehead atoms. The molecule has 0 aliphatic carbocycles. The fraction of sp³-hybridized carbons (Fsp3) is 0.200. The van der Waals surface area contributed by atoms with Gasteiger partial charge in [0.1, 0.15) is 9.85 Å². The van der Waals surface area contributed by atoms with Crippen LogP contribution in [0, 0.1) is 20.2 Å². The molecule has 1 rings (SSSR count). The number of amides is 2. The van der Waals surface area contributed by atoms with Crippen molar-refractivity contribution in [3.8, 4) is 0 Å². The van der Waals surface area contributed by atoms with Gasteiger partial charge in [0.15, 0.2) is 0 Å². The number of aliphatic hydroxyl groups is 1. The second kappa shape index (κ2) is 5.35. The van der Waals surface area contributed by atoms with Gasteiger partial charge in [-0.3, -0.25) is 40.5 Å². The number of carbonyl (C=O) groups is 2. The SMILES string of the molecule is CO.O=C1NC(=C([N+](=O)[O-])[N+](=O)[O-])NC1=O. The van der Waals surface area contributed by atoms with E-state index in [2.05, 4.69) is 0 Å². The molecule has 0 spiro atoms. The zero-order valence-corrected chi connectivity index (χ0v) is 7.79. The number of aliphatic hydroxyl groups excluding tert-OH is 1. The summed E-state index contributed by atoms with van der Waals surface area (Å²) in [5.74, 6) is -4.67. The van der Waals surface area contributed by atoms with E-state index in [4.69, 9.17) is 5.11 Å². The molecule has 2 amide bonds. The Kier molecular flexibility index (Phi) is 4.50. The van der Waals surface area contributed by atoms with Gasteiger partial charge in [0.25, 0.3) is 5.82 Å². The lowest BCUT2D eigenvalue weighted by Gasteiger charge is -1.92. The van der Waals surface area contributed by atoms with Gasteiger partial charge in [0.2, 0.25) is 0 Å². The summed E-state index contributed by atoms with van der Waals surface area (Å²) in [6.45, 7) is 0. The van der Waals surface area contributed by atoms with Crippen molar-refractivity contribution in [1.82, 2.24) is 10.6 Å². The van der Waals surface area contributed by atoms with Crippen LogP contribution in [0.5, 0.6) is 0 Å². The van der Waals surface area contributed by atoms with Crippen molar-refractivity contribution in [2.75, 3.05) is 7.11 Å². The molecule has 16 heavy (non-hydrogen) atoms. The number of nitro groups is 2. The van der Waals surface area contributed by atoms with Gasteiger partial charge < -0.3 is 5.11 Å². The quantitative estimate of drug-likeness (QED) is 0.270. The number of nitrogens with zero attached hydrogens (tertiary/aromatic N) is 2. The lowest BCUT2D eigenvalue weighted by molar-refractivity contribution is -0.617. The van der Waals surface area contributed by atoms with Crippen LogP contribution in [0.15, 0.2) is 11.6 Å². The van der Waals surface area contributed by atoms with Crippen LogP contribution in [-0.2, 0) is 9.59 Å². The first-order chi connectivity index (χ1) is 7.43. The maximum atomic E-state index is 10.5. The molecular weight excluding hydrogens is 228 g/mol. The normalized spacial score (nSPS) is 13.2. The Morgan fingerprint density at radius 2 is 1.38 bits per heavy atom. The molecule has 3 N–H and O–H groups in total. The lowest BCUT2D eigenvalue weighted by atomic mass is 10.6. The van der Waals surface area contributed by atoms with Crippen LogP contribution >= 0.6 is 0 Å². The number of hydrogen-bond donors (Lipinski definition) is 3. The highest BCUT2D eigenvalue weighted by atomic mass is 16.7. The van der Waals surface area contributed by atoms with Crippen LogP contribution in [0.2, 0.25) is 0 Å². The third-order valence-electron chi connectivity index (χ3n) is 1.25. The summed E-state index contributed by atoms with van der Waals surface area (Å²) >= 11 is 0. The predicted molar refractivity (Wildman–Crippen MR) is 45.4 cm³/mol. The number of nitrogens with one attached hydrogen (secondary N) is 2. The van der Waals surface area contributed by atoms with Crippen molar-refractivity contribution >= 4 is 11.8 Å². The van der Waals surface area contributed by atoms with Gasteiger partial charge >= 0.3 is 17.6 Å². The van der Waals surface area contributed by atoms with Crippen molar-refractivity contribution in [2.45, 2.75) is 0 Å². The first-order valence-corrected chi connectivity index (χ1v) is 3.53. The molecule has 0 saturated carbocycles. The Morgan fingerprint density at radius 3 is 1.62 bits per heavy atom. The molecule has 11 nitrogen and oxygen atoms in total. The van der Waals surface area contributed by atoms with E-state index >= 15 is 0 Å². The molecule has 0 aromatic rings. The van der Waals surface area contributed by atoms with E-state index in [-0.39, 0.29) is 0 Å². The molecule has 1 saturated heterocycles. The van der Waals surface area contributed by atoms with Gasteiger partial charge in [-0.1, -0.05) is 0 Å². The Balaban J connectivity index is 0.00000106. The van der Waals surface area contributed by atoms with Crippen LogP contribution in [0.1, 0.15) is 0 Å². The minimum absolute atomic E-state index is 0.824. The zero-order valence-electron chi connectivity index (χ0n) is 7.79. The fourth-order valence-electron chi connectivity index (χ4n) is 0.733. The number of hydrogen-bond acceptors (Lipinski definition) is 7. The Morgan fingerprint density at radius 1 is 1.06 bits per heavy atom. The van der Waals surface area contributed by atoms with E-state index in [1.807, 2.05) is 0 Å². The summed E-state index contributed by atoms with van der Waals surface area (Å²) in [5, 5.41) is 30.6. The highest BCUT2D eigenvalue weighted by Gasteiger charge is 2.40. The first kappa shape index (κ1) is 13.4. The van der Waals surface area contributed by atoms with E-state index in [9.17, 15) is 29.8 Å². The van der Waals surface area contributed by atoms with Crippen LogP contribution in [-0.4, -0.2) is 33.9 Å². The Hall–Kier alpha value is -2.56. The van der Waals surface area contributed by atoms with E-state index < -0.39 is 33.3 Å². The highest BCUT2D eigenvalue weighted by Crippen LogP contribution is 2.04. The number of rotatable bonds is 2. The monoisotopic (exact) mass is 234 g/mol. The average Bonchev–Trinajstić information content (AvgIpc) is 2.48. The summed E-state index contributed by atoms with van der Waals surface area (Å²) in [7, 11) is 1.00. The van der Waals surface area contributed by atoms with Crippen molar-refractivity contribution in [1.29, 1.82) is 0 Å². The molecule has 0 aromatic carbocycles. The van der Waals surface area contributed by atoms with E-state index in [0.29, 0.717) is 0 Å². The van der Waals surface area contributed by atoms with Gasteiger partial charge in [-0.2, -0.15) is 0 Å². The maximum Gasteiger partial charge on any atom is 0.600 e. The Bertz CT molecular complexity index is 352. The minimum atomic E-state index is -1.48. The highest BCUT2D eigenvalue weighted by molar-refractivity contribution is 6.38. The van der Waals surface area contributed by atoms with Gasteiger partial charge in [-0.05, 0) is 0 Å². The van der Waals surface area contributed by atoms with E-state index in [1.54, 1.807) is 10.6 Å². The molecule has 0 aromatic heterocycles. The predicted octanol–water partition coefficient (Wildman–Crippen LogP) is -2.48.